The van der Waals surface area contributed by atoms with Gasteiger partial charge in [-0.25, -0.2) is 0 Å². The van der Waals surface area contributed by atoms with Gasteiger partial charge in [0.1, 0.15) is 11.5 Å². The van der Waals surface area contributed by atoms with Crippen LogP contribution >= 0.6 is 0 Å². The maximum atomic E-state index is 12.4. The van der Waals surface area contributed by atoms with Crippen LogP contribution in [0.3, 0.4) is 0 Å². The second-order valence-electron chi connectivity index (χ2n) is 5.40. The molecule has 0 radical (unpaired) electrons. The maximum Gasteiger partial charge on any atom is 0.309 e. The van der Waals surface area contributed by atoms with Crippen LogP contribution in [0.4, 0.5) is 0 Å². The first-order valence-corrected chi connectivity index (χ1v) is 7.07. The standard InChI is InChI=1S/C16H17NO5/c1-21-11-7-12-13(18)5-10(6-15(19)20)17(9-3-4-9)16(12)14(8-11)22-2/h5,7-9H,3-4,6H2,1-2H3,(H,19,20). The molecule has 0 amide bonds. The number of aliphatic carboxylic acids is 1. The highest BCUT2D eigenvalue weighted by atomic mass is 16.5. The predicted molar refractivity (Wildman–Crippen MR) is 80.9 cm³/mol. The number of ether oxygens (including phenoxy) is 2. The number of hydrogen-bond donors (Lipinski definition) is 1. The van der Waals surface area contributed by atoms with Crippen LogP contribution in [0.2, 0.25) is 0 Å². The highest BCUT2D eigenvalue weighted by Gasteiger charge is 2.29. The normalized spacial score (nSPS) is 14.1. The number of aromatic nitrogens is 1. The van der Waals surface area contributed by atoms with E-state index in [1.54, 1.807) is 12.1 Å². The van der Waals surface area contributed by atoms with Gasteiger partial charge in [-0.15, -0.1) is 0 Å². The number of hydrogen-bond acceptors (Lipinski definition) is 4. The van der Waals surface area contributed by atoms with Gasteiger partial charge in [-0.05, 0) is 18.9 Å². The summed E-state index contributed by atoms with van der Waals surface area (Å²) in [5, 5.41) is 9.58. The number of carbonyl (C=O) groups is 1. The fourth-order valence-corrected chi connectivity index (χ4v) is 2.78. The van der Waals surface area contributed by atoms with E-state index in [9.17, 15) is 9.59 Å². The molecule has 1 N–H and O–H groups in total. The van der Waals surface area contributed by atoms with Crippen LogP contribution in [0.1, 0.15) is 24.6 Å². The molecule has 1 heterocycles. The largest absolute Gasteiger partial charge is 0.497 e. The lowest BCUT2D eigenvalue weighted by Crippen LogP contribution is -2.17. The highest BCUT2D eigenvalue weighted by Crippen LogP contribution is 2.41. The molecule has 116 valence electrons. The van der Waals surface area contributed by atoms with Crippen LogP contribution in [-0.2, 0) is 11.2 Å². The molecular formula is C16H17NO5. The van der Waals surface area contributed by atoms with E-state index in [0.717, 1.165) is 12.8 Å². The molecule has 0 bridgehead atoms. The van der Waals surface area contributed by atoms with Crippen molar-refractivity contribution >= 4 is 16.9 Å². The van der Waals surface area contributed by atoms with E-state index in [1.165, 1.54) is 20.3 Å². The average molecular weight is 303 g/mol. The van der Waals surface area contributed by atoms with Gasteiger partial charge in [0, 0.05) is 23.9 Å². The molecule has 1 fully saturated rings. The molecule has 1 aliphatic rings. The van der Waals surface area contributed by atoms with Gasteiger partial charge in [-0.1, -0.05) is 0 Å². The summed E-state index contributed by atoms with van der Waals surface area (Å²) in [6.07, 6.45) is 1.76. The first-order valence-electron chi connectivity index (χ1n) is 7.07. The molecular weight excluding hydrogens is 286 g/mol. The Morgan fingerprint density at radius 3 is 2.55 bits per heavy atom. The molecule has 0 unspecified atom stereocenters. The summed E-state index contributed by atoms with van der Waals surface area (Å²) < 4.78 is 12.6. The molecule has 0 aliphatic heterocycles. The SMILES string of the molecule is COc1cc(OC)c2c(c1)c(=O)cc(CC(=O)O)n2C1CC1. The number of fused-ring (bicyclic) bond motifs is 1. The summed E-state index contributed by atoms with van der Waals surface area (Å²) in [6.45, 7) is 0. The summed E-state index contributed by atoms with van der Waals surface area (Å²) in [7, 11) is 3.05. The van der Waals surface area contributed by atoms with Crippen LogP contribution in [0.25, 0.3) is 10.9 Å². The Labute approximate surface area is 126 Å². The van der Waals surface area contributed by atoms with Crippen LogP contribution in [0.15, 0.2) is 23.0 Å². The molecule has 1 saturated carbocycles. The molecule has 6 heteroatoms. The summed E-state index contributed by atoms with van der Waals surface area (Å²) in [6, 6.07) is 5.02. The number of rotatable bonds is 5. The Hall–Kier alpha value is -2.50. The van der Waals surface area contributed by atoms with Gasteiger partial charge >= 0.3 is 5.97 Å². The zero-order valence-corrected chi connectivity index (χ0v) is 12.5. The van der Waals surface area contributed by atoms with E-state index in [2.05, 4.69) is 0 Å². The number of carboxylic acids is 1. The lowest BCUT2D eigenvalue weighted by Gasteiger charge is -2.18. The second-order valence-corrected chi connectivity index (χ2v) is 5.40. The second kappa shape index (κ2) is 5.36. The number of pyridine rings is 1. The van der Waals surface area contributed by atoms with Gasteiger partial charge in [-0.3, -0.25) is 9.59 Å². The van der Waals surface area contributed by atoms with E-state index in [0.29, 0.717) is 28.1 Å². The molecule has 0 saturated heterocycles. The van der Waals surface area contributed by atoms with Crippen molar-refractivity contribution in [2.75, 3.05) is 14.2 Å². The molecule has 22 heavy (non-hydrogen) atoms. The maximum absolute atomic E-state index is 12.4. The van der Waals surface area contributed by atoms with Crippen molar-refractivity contribution in [2.45, 2.75) is 25.3 Å². The Morgan fingerprint density at radius 2 is 2.00 bits per heavy atom. The van der Waals surface area contributed by atoms with Crippen molar-refractivity contribution in [2.24, 2.45) is 0 Å². The number of benzene rings is 1. The third-order valence-corrected chi connectivity index (χ3v) is 3.86. The van der Waals surface area contributed by atoms with Crippen molar-refractivity contribution in [1.82, 2.24) is 4.57 Å². The Morgan fingerprint density at radius 1 is 1.27 bits per heavy atom. The number of nitrogens with zero attached hydrogens (tertiary/aromatic N) is 1. The molecule has 0 spiro atoms. The van der Waals surface area contributed by atoms with Crippen molar-refractivity contribution < 1.29 is 19.4 Å². The van der Waals surface area contributed by atoms with E-state index >= 15 is 0 Å². The van der Waals surface area contributed by atoms with Crippen LogP contribution in [0.5, 0.6) is 11.5 Å². The van der Waals surface area contributed by atoms with Gasteiger partial charge in [0.15, 0.2) is 5.43 Å². The van der Waals surface area contributed by atoms with Gasteiger partial charge in [0.25, 0.3) is 0 Å². The molecule has 0 atom stereocenters. The summed E-state index contributed by atoms with van der Waals surface area (Å²) >= 11 is 0. The Kier molecular flexibility index (Phi) is 3.52. The minimum Gasteiger partial charge on any atom is -0.497 e. The van der Waals surface area contributed by atoms with Crippen molar-refractivity contribution in [3.05, 3.63) is 34.1 Å². The summed E-state index contributed by atoms with van der Waals surface area (Å²) in [5.74, 6) is 0.0981. The van der Waals surface area contributed by atoms with Crippen molar-refractivity contribution in [1.29, 1.82) is 0 Å². The van der Waals surface area contributed by atoms with Gasteiger partial charge < -0.3 is 19.1 Å². The molecule has 6 nitrogen and oxygen atoms in total. The Bertz CT molecular complexity index is 804. The zero-order valence-electron chi connectivity index (χ0n) is 12.5. The minimum absolute atomic E-state index is 0.184. The van der Waals surface area contributed by atoms with Crippen molar-refractivity contribution in [3.63, 3.8) is 0 Å². The number of carboxylic acid groups (broad SMARTS) is 1. The van der Waals surface area contributed by atoms with E-state index in [-0.39, 0.29) is 17.9 Å². The molecule has 1 aromatic carbocycles. The molecule has 1 aromatic heterocycles. The van der Waals surface area contributed by atoms with Crippen molar-refractivity contribution in [3.8, 4) is 11.5 Å². The zero-order chi connectivity index (χ0) is 15.9. The quantitative estimate of drug-likeness (QED) is 0.914. The Balaban J connectivity index is 2.38. The fourth-order valence-electron chi connectivity index (χ4n) is 2.78. The van der Waals surface area contributed by atoms with Crippen LogP contribution in [0, 0.1) is 0 Å². The summed E-state index contributed by atoms with van der Waals surface area (Å²) in [5.41, 5.74) is 0.936. The first kappa shape index (κ1) is 14.4. The monoisotopic (exact) mass is 303 g/mol. The number of methoxy groups -OCH3 is 2. The van der Waals surface area contributed by atoms with E-state index < -0.39 is 5.97 Å². The van der Waals surface area contributed by atoms with E-state index in [4.69, 9.17) is 14.6 Å². The lowest BCUT2D eigenvalue weighted by atomic mass is 10.1. The molecule has 2 aromatic rings. The van der Waals surface area contributed by atoms with Crippen LogP contribution in [-0.4, -0.2) is 29.9 Å². The van der Waals surface area contributed by atoms with Gasteiger partial charge in [0.05, 0.1) is 31.5 Å². The molecule has 3 rings (SSSR count). The van der Waals surface area contributed by atoms with E-state index in [1.807, 2.05) is 4.57 Å². The summed E-state index contributed by atoms with van der Waals surface area (Å²) in [4.78, 5) is 23.5. The minimum atomic E-state index is -0.958. The first-order chi connectivity index (χ1) is 10.5. The predicted octanol–water partition coefficient (Wildman–Crippen LogP) is 1.98. The molecule has 1 aliphatic carbocycles. The van der Waals surface area contributed by atoms with Gasteiger partial charge in [-0.2, -0.15) is 0 Å². The smallest absolute Gasteiger partial charge is 0.309 e. The van der Waals surface area contributed by atoms with Gasteiger partial charge in [0.2, 0.25) is 0 Å². The van der Waals surface area contributed by atoms with Crippen LogP contribution < -0.4 is 14.9 Å². The topological polar surface area (TPSA) is 77.8 Å². The highest BCUT2D eigenvalue weighted by molar-refractivity contribution is 5.88. The third-order valence-electron chi connectivity index (χ3n) is 3.86. The average Bonchev–Trinajstić information content (AvgIpc) is 3.30. The third kappa shape index (κ3) is 2.41. The fraction of sp³-hybridized carbons (Fsp3) is 0.375. The lowest BCUT2D eigenvalue weighted by molar-refractivity contribution is -0.136.